The Morgan fingerprint density at radius 3 is 2.39 bits per heavy atom. The Bertz CT molecular complexity index is 415. The Labute approximate surface area is 119 Å². The van der Waals surface area contributed by atoms with E-state index in [1.807, 2.05) is 17.0 Å². The third-order valence-electron chi connectivity index (χ3n) is 2.95. The molecule has 0 aromatic heterocycles. The highest BCUT2D eigenvalue weighted by Crippen LogP contribution is 2.18. The first-order chi connectivity index (χ1) is 8.08. The van der Waals surface area contributed by atoms with Gasteiger partial charge in [0, 0.05) is 25.2 Å². The fourth-order valence-electron chi connectivity index (χ4n) is 2.30. The summed E-state index contributed by atoms with van der Waals surface area (Å²) in [6.45, 7) is 5.63. The zero-order valence-corrected chi connectivity index (χ0v) is 12.1. The van der Waals surface area contributed by atoms with Gasteiger partial charge in [-0.15, -0.1) is 12.4 Å². The number of halogens is 2. The Hall–Kier alpha value is -0.770. The SMILES string of the molecule is CC1CN(C(=O)c2ccccc2Cl)CC(C)N1.Cl. The zero-order chi connectivity index (χ0) is 12.4. The zero-order valence-electron chi connectivity index (χ0n) is 10.5. The molecule has 0 saturated carbocycles. The van der Waals surface area contributed by atoms with Crippen LogP contribution < -0.4 is 5.32 Å². The molecule has 0 aliphatic carbocycles. The molecule has 3 nitrogen and oxygen atoms in total. The molecule has 2 unspecified atom stereocenters. The van der Waals surface area contributed by atoms with Crippen molar-refractivity contribution in [3.05, 3.63) is 34.9 Å². The summed E-state index contributed by atoms with van der Waals surface area (Å²) >= 11 is 6.05. The fraction of sp³-hybridized carbons (Fsp3) is 0.462. The van der Waals surface area contributed by atoms with Gasteiger partial charge in [0.05, 0.1) is 10.6 Å². The average Bonchev–Trinajstić information content (AvgIpc) is 2.27. The monoisotopic (exact) mass is 288 g/mol. The third-order valence-corrected chi connectivity index (χ3v) is 3.28. The second kappa shape index (κ2) is 6.41. The van der Waals surface area contributed by atoms with Crippen LogP contribution in [0, 0.1) is 0 Å². The van der Waals surface area contributed by atoms with Crippen molar-refractivity contribution in [2.24, 2.45) is 0 Å². The summed E-state index contributed by atoms with van der Waals surface area (Å²) in [4.78, 5) is 14.2. The second-order valence-electron chi connectivity index (χ2n) is 4.66. The average molecular weight is 289 g/mol. The van der Waals surface area contributed by atoms with E-state index in [2.05, 4.69) is 19.2 Å². The van der Waals surface area contributed by atoms with Gasteiger partial charge in [0.2, 0.25) is 0 Å². The number of nitrogens with one attached hydrogen (secondary N) is 1. The molecule has 1 fully saturated rings. The number of carbonyl (C=O) groups is 1. The number of benzene rings is 1. The second-order valence-corrected chi connectivity index (χ2v) is 5.07. The van der Waals surface area contributed by atoms with E-state index in [-0.39, 0.29) is 18.3 Å². The summed E-state index contributed by atoms with van der Waals surface area (Å²) in [5, 5.41) is 3.93. The van der Waals surface area contributed by atoms with Crippen LogP contribution in [0.2, 0.25) is 5.02 Å². The summed E-state index contributed by atoms with van der Waals surface area (Å²) in [6.07, 6.45) is 0. The lowest BCUT2D eigenvalue weighted by molar-refractivity contribution is 0.0674. The Balaban J connectivity index is 0.00000162. The lowest BCUT2D eigenvalue weighted by Crippen LogP contribution is -2.55. The topological polar surface area (TPSA) is 32.3 Å². The van der Waals surface area contributed by atoms with E-state index < -0.39 is 0 Å². The first kappa shape index (κ1) is 15.3. The van der Waals surface area contributed by atoms with E-state index >= 15 is 0 Å². The Kier molecular flexibility index (Phi) is 5.45. The van der Waals surface area contributed by atoms with Crippen LogP contribution in [0.1, 0.15) is 24.2 Å². The number of carbonyl (C=O) groups excluding carboxylic acids is 1. The van der Waals surface area contributed by atoms with Gasteiger partial charge in [-0.05, 0) is 26.0 Å². The van der Waals surface area contributed by atoms with Gasteiger partial charge in [0.25, 0.3) is 5.91 Å². The van der Waals surface area contributed by atoms with Crippen LogP contribution in [0.3, 0.4) is 0 Å². The molecule has 1 saturated heterocycles. The molecule has 1 aliphatic rings. The number of rotatable bonds is 1. The first-order valence-corrected chi connectivity index (χ1v) is 6.25. The van der Waals surface area contributed by atoms with Crippen molar-refractivity contribution >= 4 is 29.9 Å². The molecule has 1 aliphatic heterocycles. The molecule has 2 rings (SSSR count). The maximum atomic E-state index is 12.3. The van der Waals surface area contributed by atoms with E-state index in [4.69, 9.17) is 11.6 Å². The quantitative estimate of drug-likeness (QED) is 0.862. The summed E-state index contributed by atoms with van der Waals surface area (Å²) < 4.78 is 0. The Morgan fingerprint density at radius 2 is 1.83 bits per heavy atom. The van der Waals surface area contributed by atoms with Crippen LogP contribution in [0.4, 0.5) is 0 Å². The predicted octanol–water partition coefficient (Wildman–Crippen LogP) is 2.58. The largest absolute Gasteiger partial charge is 0.336 e. The highest BCUT2D eigenvalue weighted by molar-refractivity contribution is 6.33. The van der Waals surface area contributed by atoms with E-state index in [1.165, 1.54) is 0 Å². The van der Waals surface area contributed by atoms with Gasteiger partial charge >= 0.3 is 0 Å². The lowest BCUT2D eigenvalue weighted by Gasteiger charge is -2.36. The van der Waals surface area contributed by atoms with E-state index in [9.17, 15) is 4.79 Å². The molecule has 5 heteroatoms. The molecule has 1 aromatic carbocycles. The van der Waals surface area contributed by atoms with E-state index in [0.29, 0.717) is 22.7 Å². The molecular formula is C13H18Cl2N2O. The first-order valence-electron chi connectivity index (χ1n) is 5.88. The van der Waals surface area contributed by atoms with Gasteiger partial charge in [-0.3, -0.25) is 4.79 Å². The molecule has 1 N–H and O–H groups in total. The van der Waals surface area contributed by atoms with E-state index in [0.717, 1.165) is 13.1 Å². The molecule has 1 aromatic rings. The summed E-state index contributed by atoms with van der Waals surface area (Å²) in [6, 6.07) is 7.86. The maximum Gasteiger partial charge on any atom is 0.255 e. The van der Waals surface area contributed by atoms with Crippen molar-refractivity contribution in [3.8, 4) is 0 Å². The standard InChI is InChI=1S/C13H17ClN2O.ClH/c1-9-7-16(8-10(2)15-9)13(17)11-5-3-4-6-12(11)14;/h3-6,9-10,15H,7-8H2,1-2H3;1H. The van der Waals surface area contributed by atoms with Crippen LogP contribution >= 0.6 is 24.0 Å². The van der Waals surface area contributed by atoms with Gasteiger partial charge in [0.15, 0.2) is 0 Å². The smallest absolute Gasteiger partial charge is 0.255 e. The summed E-state index contributed by atoms with van der Waals surface area (Å²) in [5.41, 5.74) is 0.593. The van der Waals surface area contributed by atoms with Crippen LogP contribution in [0.5, 0.6) is 0 Å². The molecule has 0 bridgehead atoms. The van der Waals surface area contributed by atoms with Crippen molar-refractivity contribution in [2.45, 2.75) is 25.9 Å². The number of hydrogen-bond donors (Lipinski definition) is 1. The minimum atomic E-state index is 0. The molecule has 2 atom stereocenters. The lowest BCUT2D eigenvalue weighted by atomic mass is 10.1. The highest BCUT2D eigenvalue weighted by Gasteiger charge is 2.26. The molecule has 1 amide bonds. The minimum absolute atomic E-state index is 0. The normalized spacial score (nSPS) is 23.4. The molecule has 1 heterocycles. The van der Waals surface area contributed by atoms with Gasteiger partial charge in [0.1, 0.15) is 0 Å². The molecule has 0 spiro atoms. The summed E-state index contributed by atoms with van der Waals surface area (Å²) in [7, 11) is 0. The number of amides is 1. The van der Waals surface area contributed by atoms with Crippen molar-refractivity contribution in [3.63, 3.8) is 0 Å². The minimum Gasteiger partial charge on any atom is -0.336 e. The van der Waals surface area contributed by atoms with Crippen molar-refractivity contribution in [2.75, 3.05) is 13.1 Å². The number of nitrogens with zero attached hydrogens (tertiary/aromatic N) is 1. The van der Waals surface area contributed by atoms with Gasteiger partial charge in [-0.2, -0.15) is 0 Å². The van der Waals surface area contributed by atoms with Gasteiger partial charge in [-0.1, -0.05) is 23.7 Å². The molecule has 18 heavy (non-hydrogen) atoms. The van der Waals surface area contributed by atoms with Crippen LogP contribution in [-0.4, -0.2) is 36.0 Å². The number of piperazine rings is 1. The molecule has 100 valence electrons. The molecule has 0 radical (unpaired) electrons. The van der Waals surface area contributed by atoms with Crippen molar-refractivity contribution < 1.29 is 4.79 Å². The van der Waals surface area contributed by atoms with E-state index in [1.54, 1.807) is 12.1 Å². The third kappa shape index (κ3) is 3.37. The van der Waals surface area contributed by atoms with Crippen molar-refractivity contribution in [1.82, 2.24) is 10.2 Å². The predicted molar refractivity (Wildman–Crippen MR) is 76.7 cm³/mol. The highest BCUT2D eigenvalue weighted by atomic mass is 35.5. The van der Waals surface area contributed by atoms with Crippen LogP contribution in [0.15, 0.2) is 24.3 Å². The van der Waals surface area contributed by atoms with Crippen LogP contribution in [-0.2, 0) is 0 Å². The van der Waals surface area contributed by atoms with Crippen LogP contribution in [0.25, 0.3) is 0 Å². The summed E-state index contributed by atoms with van der Waals surface area (Å²) in [5.74, 6) is 0.0239. The fourth-order valence-corrected chi connectivity index (χ4v) is 2.51. The molecular weight excluding hydrogens is 271 g/mol. The number of hydrogen-bond acceptors (Lipinski definition) is 2. The maximum absolute atomic E-state index is 12.3. The van der Waals surface area contributed by atoms with Crippen molar-refractivity contribution in [1.29, 1.82) is 0 Å². The van der Waals surface area contributed by atoms with Gasteiger partial charge in [-0.25, -0.2) is 0 Å². The Morgan fingerprint density at radius 1 is 1.28 bits per heavy atom. The van der Waals surface area contributed by atoms with Gasteiger partial charge < -0.3 is 10.2 Å².